The summed E-state index contributed by atoms with van der Waals surface area (Å²) in [7, 11) is 0. The third-order valence-corrected chi connectivity index (χ3v) is 10.1. The predicted octanol–water partition coefficient (Wildman–Crippen LogP) is 4.45. The highest BCUT2D eigenvalue weighted by atomic mass is 16.6. The topological polar surface area (TPSA) is 43.4 Å². The van der Waals surface area contributed by atoms with Crippen LogP contribution >= 0.6 is 0 Å². The minimum Gasteiger partial charge on any atom is -0.458 e. The number of esters is 1. The molecule has 5 unspecified atom stereocenters. The maximum absolute atomic E-state index is 12.1. The van der Waals surface area contributed by atoms with Gasteiger partial charge >= 0.3 is 5.97 Å². The monoisotopic (exact) mass is 354 g/mol. The summed E-state index contributed by atoms with van der Waals surface area (Å²) >= 11 is 0. The zero-order valence-electron chi connectivity index (χ0n) is 16.1. The molecular formula is C23H30O3. The van der Waals surface area contributed by atoms with Gasteiger partial charge in [0.1, 0.15) is 5.60 Å². The van der Waals surface area contributed by atoms with Crippen LogP contribution in [0.25, 0.3) is 0 Å². The maximum Gasteiger partial charge on any atom is 0.306 e. The van der Waals surface area contributed by atoms with E-state index < -0.39 is 0 Å². The van der Waals surface area contributed by atoms with Crippen LogP contribution in [-0.4, -0.2) is 17.4 Å². The number of hydrogen-bond acceptors (Lipinski definition) is 3. The van der Waals surface area contributed by atoms with Gasteiger partial charge in [0.25, 0.3) is 0 Å². The van der Waals surface area contributed by atoms with Gasteiger partial charge in [0.2, 0.25) is 0 Å². The Morgan fingerprint density at radius 2 is 1.81 bits per heavy atom. The Balaban J connectivity index is 1.40. The molecule has 0 amide bonds. The fraction of sp³-hybridized carbons (Fsp3) is 0.826. The van der Waals surface area contributed by atoms with Gasteiger partial charge in [0.15, 0.2) is 5.78 Å². The second-order valence-electron chi connectivity index (χ2n) is 10.7. The standard InChI is InChI=1S/C23H30O3/c1-21-7-3-13(24)11-18(21)14-12-15(14)20-16(21)4-8-22(2)17(20)5-9-23(22)10-6-19(25)26-23/h11,14-17,20H,3-10,12H2,1-2H3/t14?,15?,16?,17?,20?,21-,22+,23-/m1/s1. The van der Waals surface area contributed by atoms with Crippen molar-refractivity contribution in [1.29, 1.82) is 0 Å². The lowest BCUT2D eigenvalue weighted by molar-refractivity contribution is -0.168. The number of carbonyl (C=O) groups is 2. The summed E-state index contributed by atoms with van der Waals surface area (Å²) in [5.41, 5.74) is 1.78. The molecule has 1 saturated heterocycles. The van der Waals surface area contributed by atoms with Crippen molar-refractivity contribution in [1.82, 2.24) is 0 Å². The Labute approximate surface area is 155 Å². The quantitative estimate of drug-likeness (QED) is 0.604. The normalized spacial score (nSPS) is 57.0. The lowest BCUT2D eigenvalue weighted by Crippen LogP contribution is -2.55. The Hall–Kier alpha value is -1.12. The Morgan fingerprint density at radius 1 is 1.00 bits per heavy atom. The number of rotatable bonds is 0. The molecule has 0 bridgehead atoms. The second-order valence-corrected chi connectivity index (χ2v) is 10.7. The van der Waals surface area contributed by atoms with Gasteiger partial charge in [-0.2, -0.15) is 0 Å². The van der Waals surface area contributed by atoms with Gasteiger partial charge in [-0.3, -0.25) is 9.59 Å². The van der Waals surface area contributed by atoms with E-state index in [-0.39, 0.29) is 22.4 Å². The van der Waals surface area contributed by atoms with Crippen LogP contribution in [0.2, 0.25) is 0 Å². The highest BCUT2D eigenvalue weighted by Gasteiger charge is 2.71. The summed E-state index contributed by atoms with van der Waals surface area (Å²) in [4.78, 5) is 24.1. The van der Waals surface area contributed by atoms with E-state index in [0.29, 0.717) is 24.0 Å². The molecule has 6 aliphatic rings. The first-order valence-corrected chi connectivity index (χ1v) is 10.8. The zero-order valence-corrected chi connectivity index (χ0v) is 16.1. The molecule has 4 saturated carbocycles. The van der Waals surface area contributed by atoms with E-state index in [4.69, 9.17) is 4.74 Å². The molecule has 5 aliphatic carbocycles. The summed E-state index contributed by atoms with van der Waals surface area (Å²) in [6, 6.07) is 0. The van der Waals surface area contributed by atoms with Crippen molar-refractivity contribution in [2.24, 2.45) is 40.4 Å². The van der Waals surface area contributed by atoms with Crippen molar-refractivity contribution < 1.29 is 14.3 Å². The third-order valence-electron chi connectivity index (χ3n) is 10.1. The summed E-state index contributed by atoms with van der Waals surface area (Å²) in [6.45, 7) is 4.93. The average Bonchev–Trinajstić information content (AvgIpc) is 3.23. The zero-order chi connectivity index (χ0) is 17.9. The fourth-order valence-electron chi connectivity index (χ4n) is 8.70. The SMILES string of the molecule is C[C@]12CCC(=O)C=C1C1CC1C1C2CC[C@@]2(C)C1CC[C@@]21CCC(=O)O1. The molecule has 140 valence electrons. The number of ketones is 1. The van der Waals surface area contributed by atoms with Crippen molar-refractivity contribution in [3.63, 3.8) is 0 Å². The van der Waals surface area contributed by atoms with Crippen LogP contribution in [-0.2, 0) is 14.3 Å². The molecule has 0 aromatic heterocycles. The molecule has 0 N–H and O–H groups in total. The van der Waals surface area contributed by atoms with Gasteiger partial charge in [0.05, 0.1) is 0 Å². The molecule has 26 heavy (non-hydrogen) atoms. The molecular weight excluding hydrogens is 324 g/mol. The summed E-state index contributed by atoms with van der Waals surface area (Å²) in [5, 5.41) is 0. The van der Waals surface area contributed by atoms with E-state index in [1.165, 1.54) is 31.3 Å². The first-order valence-electron chi connectivity index (χ1n) is 10.8. The van der Waals surface area contributed by atoms with Gasteiger partial charge in [0, 0.05) is 18.3 Å². The van der Waals surface area contributed by atoms with E-state index >= 15 is 0 Å². The molecule has 8 atom stereocenters. The lowest BCUT2D eigenvalue weighted by atomic mass is 9.46. The Morgan fingerprint density at radius 3 is 2.58 bits per heavy atom. The van der Waals surface area contributed by atoms with Crippen molar-refractivity contribution in [3.8, 4) is 0 Å². The molecule has 1 aliphatic heterocycles. The molecule has 1 heterocycles. The first-order chi connectivity index (χ1) is 12.4. The molecule has 6 rings (SSSR count). The van der Waals surface area contributed by atoms with Gasteiger partial charge in [-0.15, -0.1) is 0 Å². The molecule has 0 aromatic rings. The average molecular weight is 354 g/mol. The van der Waals surface area contributed by atoms with Crippen molar-refractivity contribution in [2.45, 2.75) is 77.2 Å². The largest absolute Gasteiger partial charge is 0.458 e. The Kier molecular flexibility index (Phi) is 2.84. The molecule has 0 aromatic carbocycles. The molecule has 0 radical (unpaired) electrons. The molecule has 3 heteroatoms. The summed E-state index contributed by atoms with van der Waals surface area (Å²) in [6.07, 6.45) is 11.5. The lowest BCUT2D eigenvalue weighted by Gasteiger charge is -2.59. The number of ether oxygens (including phenoxy) is 1. The van der Waals surface area contributed by atoms with Gasteiger partial charge in [-0.25, -0.2) is 0 Å². The van der Waals surface area contributed by atoms with Crippen LogP contribution < -0.4 is 0 Å². The highest BCUT2D eigenvalue weighted by Crippen LogP contribution is 2.75. The van der Waals surface area contributed by atoms with Crippen molar-refractivity contribution >= 4 is 11.8 Å². The molecule has 5 fully saturated rings. The number of fused-ring (bicyclic) bond motifs is 9. The van der Waals surface area contributed by atoms with E-state index in [1.54, 1.807) is 0 Å². The van der Waals surface area contributed by atoms with E-state index in [2.05, 4.69) is 13.8 Å². The van der Waals surface area contributed by atoms with Crippen LogP contribution in [0.3, 0.4) is 0 Å². The van der Waals surface area contributed by atoms with Crippen molar-refractivity contribution in [2.75, 3.05) is 0 Å². The van der Waals surface area contributed by atoms with Crippen LogP contribution in [0.15, 0.2) is 11.6 Å². The van der Waals surface area contributed by atoms with E-state index in [0.717, 1.165) is 43.4 Å². The van der Waals surface area contributed by atoms with Gasteiger partial charge < -0.3 is 4.74 Å². The van der Waals surface area contributed by atoms with Gasteiger partial charge in [-0.05, 0) is 86.0 Å². The number of hydrogen-bond donors (Lipinski definition) is 0. The fourth-order valence-corrected chi connectivity index (χ4v) is 8.70. The minimum atomic E-state index is -0.163. The predicted molar refractivity (Wildman–Crippen MR) is 97.1 cm³/mol. The number of allylic oxidation sites excluding steroid dienone is 1. The van der Waals surface area contributed by atoms with Crippen LogP contribution in [0.5, 0.6) is 0 Å². The van der Waals surface area contributed by atoms with E-state index in [9.17, 15) is 9.59 Å². The smallest absolute Gasteiger partial charge is 0.306 e. The maximum atomic E-state index is 12.1. The molecule has 3 nitrogen and oxygen atoms in total. The molecule has 1 spiro atoms. The van der Waals surface area contributed by atoms with Crippen LogP contribution in [0, 0.1) is 40.4 Å². The van der Waals surface area contributed by atoms with Crippen LogP contribution in [0.4, 0.5) is 0 Å². The second kappa shape index (κ2) is 4.64. The highest BCUT2D eigenvalue weighted by molar-refractivity contribution is 5.92. The van der Waals surface area contributed by atoms with Crippen LogP contribution in [0.1, 0.15) is 71.6 Å². The van der Waals surface area contributed by atoms with E-state index in [1.807, 2.05) is 6.08 Å². The minimum absolute atomic E-state index is 0.0323. The van der Waals surface area contributed by atoms with Crippen molar-refractivity contribution in [3.05, 3.63) is 11.6 Å². The Bertz CT molecular complexity index is 753. The number of carbonyl (C=O) groups excluding carboxylic acids is 2. The summed E-state index contributed by atoms with van der Waals surface area (Å²) < 4.78 is 6.06. The first kappa shape index (κ1) is 15.9. The third kappa shape index (κ3) is 1.67. The van der Waals surface area contributed by atoms with Gasteiger partial charge in [-0.1, -0.05) is 19.4 Å². The summed E-state index contributed by atoms with van der Waals surface area (Å²) in [5.74, 6) is 4.09.